The highest BCUT2D eigenvalue weighted by molar-refractivity contribution is 7.92. The van der Waals surface area contributed by atoms with Crippen LogP contribution in [0.2, 0.25) is 5.02 Å². The largest absolute Gasteiger partial charge is 0.345 e. The summed E-state index contributed by atoms with van der Waals surface area (Å²) in [7, 11) is -3.44. The van der Waals surface area contributed by atoms with E-state index in [1.165, 1.54) is 18.2 Å². The average Bonchev–Trinajstić information content (AvgIpc) is 2.55. The SMILES string of the molecule is CC(C)C[C@@H](NC(=O)c1cc(NS(C)(=O)=O)ccc1Cl)c1ccccc1. The highest BCUT2D eigenvalue weighted by Crippen LogP contribution is 2.25. The zero-order valence-corrected chi connectivity index (χ0v) is 16.6. The Balaban J connectivity index is 2.27. The molecule has 0 aromatic heterocycles. The van der Waals surface area contributed by atoms with Crippen molar-refractivity contribution in [3.63, 3.8) is 0 Å². The second-order valence-corrected chi connectivity index (χ2v) is 8.79. The van der Waals surface area contributed by atoms with Crippen LogP contribution >= 0.6 is 11.6 Å². The smallest absolute Gasteiger partial charge is 0.253 e. The molecule has 0 saturated heterocycles. The van der Waals surface area contributed by atoms with Crippen LogP contribution in [0.4, 0.5) is 5.69 Å². The fourth-order valence-electron chi connectivity index (χ4n) is 2.65. The minimum Gasteiger partial charge on any atom is -0.345 e. The maximum absolute atomic E-state index is 12.8. The van der Waals surface area contributed by atoms with Gasteiger partial charge in [-0.1, -0.05) is 55.8 Å². The molecule has 1 amide bonds. The summed E-state index contributed by atoms with van der Waals surface area (Å²) in [5.74, 6) is 0.0378. The second-order valence-electron chi connectivity index (χ2n) is 6.64. The number of carbonyl (C=O) groups excluding carboxylic acids is 1. The molecule has 1 atom stereocenters. The fraction of sp³-hybridized carbons (Fsp3) is 0.316. The maximum atomic E-state index is 12.8. The van der Waals surface area contributed by atoms with Crippen molar-refractivity contribution in [2.75, 3.05) is 11.0 Å². The molecule has 0 radical (unpaired) electrons. The van der Waals surface area contributed by atoms with Crippen molar-refractivity contribution in [2.45, 2.75) is 26.3 Å². The van der Waals surface area contributed by atoms with Gasteiger partial charge in [-0.15, -0.1) is 0 Å². The van der Waals surface area contributed by atoms with E-state index in [-0.39, 0.29) is 22.5 Å². The van der Waals surface area contributed by atoms with Crippen molar-refractivity contribution in [3.8, 4) is 0 Å². The average molecular weight is 395 g/mol. The molecule has 2 aromatic rings. The molecule has 2 N–H and O–H groups in total. The number of hydrogen-bond acceptors (Lipinski definition) is 3. The van der Waals surface area contributed by atoms with E-state index in [2.05, 4.69) is 23.9 Å². The molecule has 140 valence electrons. The van der Waals surface area contributed by atoms with Gasteiger partial charge in [-0.25, -0.2) is 8.42 Å². The lowest BCUT2D eigenvalue weighted by molar-refractivity contribution is 0.0932. The van der Waals surface area contributed by atoms with Gasteiger partial charge in [-0.2, -0.15) is 0 Å². The topological polar surface area (TPSA) is 75.3 Å². The molecule has 0 fully saturated rings. The van der Waals surface area contributed by atoms with Crippen LogP contribution in [0.25, 0.3) is 0 Å². The van der Waals surface area contributed by atoms with Crippen LogP contribution in [-0.4, -0.2) is 20.6 Å². The predicted molar refractivity (Wildman–Crippen MR) is 106 cm³/mol. The van der Waals surface area contributed by atoms with Gasteiger partial charge in [0.25, 0.3) is 5.91 Å². The van der Waals surface area contributed by atoms with Crippen LogP contribution < -0.4 is 10.0 Å². The van der Waals surface area contributed by atoms with Gasteiger partial charge >= 0.3 is 0 Å². The summed E-state index contributed by atoms with van der Waals surface area (Å²) in [5.41, 5.74) is 1.53. The lowest BCUT2D eigenvalue weighted by Crippen LogP contribution is -2.29. The van der Waals surface area contributed by atoms with E-state index in [1.807, 2.05) is 30.3 Å². The van der Waals surface area contributed by atoms with Crippen LogP contribution in [0.15, 0.2) is 48.5 Å². The minimum absolute atomic E-state index is 0.161. The number of anilines is 1. The van der Waals surface area contributed by atoms with Crippen molar-refractivity contribution in [3.05, 3.63) is 64.7 Å². The summed E-state index contributed by atoms with van der Waals surface area (Å²) in [4.78, 5) is 12.8. The molecule has 0 aliphatic rings. The maximum Gasteiger partial charge on any atom is 0.253 e. The third-order valence-electron chi connectivity index (χ3n) is 3.73. The Morgan fingerprint density at radius 1 is 1.12 bits per heavy atom. The third kappa shape index (κ3) is 6.04. The standard InChI is InChI=1S/C19H23ClN2O3S/c1-13(2)11-18(14-7-5-4-6-8-14)21-19(23)16-12-15(9-10-17(16)20)22-26(3,24)25/h4-10,12-13,18,22H,11H2,1-3H3,(H,21,23)/t18-/m1/s1. The van der Waals surface area contributed by atoms with Crippen LogP contribution in [0.1, 0.15) is 42.2 Å². The lowest BCUT2D eigenvalue weighted by Gasteiger charge is -2.21. The number of sulfonamides is 1. The Morgan fingerprint density at radius 2 is 1.77 bits per heavy atom. The first-order valence-corrected chi connectivity index (χ1v) is 10.6. The monoisotopic (exact) mass is 394 g/mol. The molecule has 7 heteroatoms. The van der Waals surface area contributed by atoms with Gasteiger partial charge in [0.15, 0.2) is 0 Å². The first-order valence-electron chi connectivity index (χ1n) is 8.29. The molecule has 0 saturated carbocycles. The van der Waals surface area contributed by atoms with Crippen molar-refractivity contribution < 1.29 is 13.2 Å². The predicted octanol–water partition coefficient (Wildman–Crippen LogP) is 4.23. The number of hydrogen-bond donors (Lipinski definition) is 2. The number of carbonyl (C=O) groups is 1. The highest BCUT2D eigenvalue weighted by atomic mass is 35.5. The fourth-order valence-corrected chi connectivity index (χ4v) is 3.41. The van der Waals surface area contributed by atoms with E-state index >= 15 is 0 Å². The number of amides is 1. The van der Waals surface area contributed by atoms with Crippen LogP contribution in [0.3, 0.4) is 0 Å². The van der Waals surface area contributed by atoms with Gasteiger partial charge in [-0.05, 0) is 36.1 Å². The normalized spacial score (nSPS) is 12.7. The Kier molecular flexibility index (Phi) is 6.67. The quantitative estimate of drug-likeness (QED) is 0.737. The van der Waals surface area contributed by atoms with E-state index in [0.717, 1.165) is 18.2 Å². The van der Waals surface area contributed by atoms with Crippen molar-refractivity contribution in [1.82, 2.24) is 5.32 Å². The molecule has 5 nitrogen and oxygen atoms in total. The Labute approximate surface area is 159 Å². The van der Waals surface area contributed by atoms with E-state index in [4.69, 9.17) is 11.6 Å². The molecule has 0 spiro atoms. The van der Waals surface area contributed by atoms with E-state index < -0.39 is 10.0 Å². The molecular weight excluding hydrogens is 372 g/mol. The summed E-state index contributed by atoms with van der Waals surface area (Å²) in [6, 6.07) is 14.0. The summed E-state index contributed by atoms with van der Waals surface area (Å²) < 4.78 is 25.2. The first kappa shape index (κ1) is 20.3. The number of nitrogens with one attached hydrogen (secondary N) is 2. The van der Waals surface area contributed by atoms with Crippen molar-refractivity contribution in [2.24, 2.45) is 5.92 Å². The van der Waals surface area contributed by atoms with E-state index in [9.17, 15) is 13.2 Å². The number of rotatable bonds is 7. The summed E-state index contributed by atoms with van der Waals surface area (Å²) in [6.45, 7) is 4.18. The molecule has 26 heavy (non-hydrogen) atoms. The lowest BCUT2D eigenvalue weighted by atomic mass is 9.96. The Morgan fingerprint density at radius 3 is 2.35 bits per heavy atom. The van der Waals surface area contributed by atoms with Crippen molar-refractivity contribution >= 4 is 33.2 Å². The molecule has 2 aromatic carbocycles. The summed E-state index contributed by atoms with van der Waals surface area (Å²) in [5, 5.41) is 3.27. The zero-order chi connectivity index (χ0) is 19.3. The second kappa shape index (κ2) is 8.56. The van der Waals surface area contributed by atoms with Gasteiger partial charge in [0.2, 0.25) is 10.0 Å². The van der Waals surface area contributed by atoms with E-state index in [1.54, 1.807) is 0 Å². The first-order chi connectivity index (χ1) is 12.2. The number of benzene rings is 2. The molecule has 0 bridgehead atoms. The van der Waals surface area contributed by atoms with E-state index in [0.29, 0.717) is 11.6 Å². The summed E-state index contributed by atoms with van der Waals surface area (Å²) in [6.07, 6.45) is 1.82. The molecule has 0 unspecified atom stereocenters. The minimum atomic E-state index is -3.44. The molecule has 0 aliphatic heterocycles. The molecule has 2 rings (SSSR count). The van der Waals surface area contributed by atoms with Crippen molar-refractivity contribution in [1.29, 1.82) is 0 Å². The van der Waals surface area contributed by atoms with Gasteiger partial charge in [0.1, 0.15) is 0 Å². The van der Waals surface area contributed by atoms with Gasteiger partial charge in [0.05, 0.1) is 22.9 Å². The highest BCUT2D eigenvalue weighted by Gasteiger charge is 2.19. The molecule has 0 heterocycles. The third-order valence-corrected chi connectivity index (χ3v) is 4.66. The summed E-state index contributed by atoms with van der Waals surface area (Å²) >= 11 is 6.16. The Hall–Kier alpha value is -2.05. The molecular formula is C19H23ClN2O3S. The van der Waals surface area contributed by atoms with Gasteiger partial charge in [0, 0.05) is 5.69 Å². The van der Waals surface area contributed by atoms with Gasteiger partial charge < -0.3 is 5.32 Å². The Bertz CT molecular complexity index is 868. The number of halogens is 1. The van der Waals surface area contributed by atoms with Gasteiger partial charge in [-0.3, -0.25) is 9.52 Å². The van der Waals surface area contributed by atoms with Crippen LogP contribution in [0, 0.1) is 5.92 Å². The molecule has 0 aliphatic carbocycles. The van der Waals surface area contributed by atoms with Crippen LogP contribution in [-0.2, 0) is 10.0 Å². The zero-order valence-electron chi connectivity index (χ0n) is 15.0. The van der Waals surface area contributed by atoms with Crippen LogP contribution in [0.5, 0.6) is 0 Å².